The van der Waals surface area contributed by atoms with Gasteiger partial charge < -0.3 is 5.32 Å². The van der Waals surface area contributed by atoms with Gasteiger partial charge in [-0.05, 0) is 12.8 Å². The van der Waals surface area contributed by atoms with Crippen LogP contribution in [-0.4, -0.2) is 38.1 Å². The highest BCUT2D eigenvalue weighted by atomic mass is 16.2. The van der Waals surface area contributed by atoms with E-state index >= 15 is 0 Å². The molecule has 22 heavy (non-hydrogen) atoms. The molecule has 0 aliphatic carbocycles. The molecule has 3 heterocycles. The summed E-state index contributed by atoms with van der Waals surface area (Å²) in [6.07, 6.45) is 8.97. The average Bonchev–Trinajstić information content (AvgIpc) is 3.15. The third kappa shape index (κ3) is 2.94. The number of anilines is 1. The molecule has 1 N–H and O–H groups in total. The van der Waals surface area contributed by atoms with E-state index in [9.17, 15) is 4.79 Å². The Hall–Kier alpha value is -2.41. The van der Waals surface area contributed by atoms with E-state index in [-0.39, 0.29) is 11.9 Å². The molecule has 1 atom stereocenters. The number of aryl methyl sites for hydroxylation is 1. The summed E-state index contributed by atoms with van der Waals surface area (Å²) in [5.41, 5.74) is 1.03. The van der Waals surface area contributed by atoms with Crippen LogP contribution in [0.3, 0.4) is 0 Å². The van der Waals surface area contributed by atoms with Crippen molar-refractivity contribution in [1.29, 1.82) is 0 Å². The van der Waals surface area contributed by atoms with Gasteiger partial charge in [-0.25, -0.2) is 4.68 Å². The molecule has 7 nitrogen and oxygen atoms in total. The van der Waals surface area contributed by atoms with Gasteiger partial charge in [-0.15, -0.1) is 0 Å². The van der Waals surface area contributed by atoms with Gasteiger partial charge in [0.1, 0.15) is 0 Å². The molecular weight excluding hydrogens is 280 g/mol. The fourth-order valence-corrected chi connectivity index (χ4v) is 2.65. The van der Waals surface area contributed by atoms with Crippen LogP contribution in [0.1, 0.15) is 18.4 Å². The molecule has 1 saturated heterocycles. The summed E-state index contributed by atoms with van der Waals surface area (Å²) in [4.78, 5) is 14.4. The second kappa shape index (κ2) is 6.15. The zero-order chi connectivity index (χ0) is 15.5. The van der Waals surface area contributed by atoms with E-state index in [1.165, 1.54) is 0 Å². The second-order valence-electron chi connectivity index (χ2n) is 5.42. The van der Waals surface area contributed by atoms with Gasteiger partial charge in [0, 0.05) is 50.4 Å². The highest BCUT2D eigenvalue weighted by Crippen LogP contribution is 2.19. The zero-order valence-corrected chi connectivity index (χ0v) is 12.6. The minimum absolute atomic E-state index is 0.0843. The van der Waals surface area contributed by atoms with Crippen molar-refractivity contribution >= 4 is 17.9 Å². The van der Waals surface area contributed by atoms with Gasteiger partial charge in [-0.1, -0.05) is 6.58 Å². The summed E-state index contributed by atoms with van der Waals surface area (Å²) in [6, 6.07) is 1.69. The Morgan fingerprint density at radius 1 is 1.55 bits per heavy atom. The molecule has 2 aromatic rings. The molecule has 1 aliphatic rings. The molecule has 1 unspecified atom stereocenters. The normalized spacial score (nSPS) is 18.7. The highest BCUT2D eigenvalue weighted by Gasteiger charge is 2.30. The summed E-state index contributed by atoms with van der Waals surface area (Å²) in [5.74, 6) is 0.805. The Morgan fingerprint density at radius 3 is 3.09 bits per heavy atom. The Morgan fingerprint density at radius 2 is 2.41 bits per heavy atom. The molecular formula is C15H20N6O. The fraction of sp³-hybridized carbons (Fsp3) is 0.400. The maximum atomic E-state index is 12.6. The Kier molecular flexibility index (Phi) is 4.06. The van der Waals surface area contributed by atoms with Crippen LogP contribution in [0, 0.1) is 0 Å². The lowest BCUT2D eigenvalue weighted by Crippen LogP contribution is -2.50. The van der Waals surface area contributed by atoms with Crippen molar-refractivity contribution in [2.24, 2.45) is 7.05 Å². The monoisotopic (exact) mass is 300 g/mol. The van der Waals surface area contributed by atoms with Crippen LogP contribution in [0.25, 0.3) is 6.20 Å². The molecule has 0 radical (unpaired) electrons. The van der Waals surface area contributed by atoms with Crippen molar-refractivity contribution in [3.63, 3.8) is 0 Å². The molecule has 1 aliphatic heterocycles. The van der Waals surface area contributed by atoms with Gasteiger partial charge >= 0.3 is 0 Å². The minimum atomic E-state index is -0.178. The third-order valence-corrected chi connectivity index (χ3v) is 3.81. The van der Waals surface area contributed by atoms with Crippen LogP contribution in [0.15, 0.2) is 31.2 Å². The number of nitrogens with zero attached hydrogens (tertiary/aromatic N) is 5. The van der Waals surface area contributed by atoms with Crippen LogP contribution in [-0.2, 0) is 18.4 Å². The van der Waals surface area contributed by atoms with Gasteiger partial charge in [0.2, 0.25) is 5.91 Å². The number of hydrogen-bond donors (Lipinski definition) is 1. The molecule has 1 amide bonds. The number of carbonyl (C=O) groups is 1. The molecule has 0 saturated carbocycles. The summed E-state index contributed by atoms with van der Waals surface area (Å²) < 4.78 is 3.36. The maximum absolute atomic E-state index is 12.6. The smallest absolute Gasteiger partial charge is 0.245 e. The lowest BCUT2D eigenvalue weighted by atomic mass is 10.0. The number of hydrogen-bond acceptors (Lipinski definition) is 4. The fourth-order valence-electron chi connectivity index (χ4n) is 2.65. The first-order chi connectivity index (χ1) is 10.7. The van der Waals surface area contributed by atoms with E-state index in [1.54, 1.807) is 26.7 Å². The van der Waals surface area contributed by atoms with Crippen molar-refractivity contribution in [3.8, 4) is 0 Å². The van der Waals surface area contributed by atoms with Crippen molar-refractivity contribution in [1.82, 2.24) is 24.9 Å². The second-order valence-corrected chi connectivity index (χ2v) is 5.42. The van der Waals surface area contributed by atoms with Gasteiger partial charge in [-0.2, -0.15) is 10.2 Å². The van der Waals surface area contributed by atoms with Crippen LogP contribution >= 0.6 is 0 Å². The topological polar surface area (TPSA) is 68.0 Å². The summed E-state index contributed by atoms with van der Waals surface area (Å²) in [6.45, 7) is 5.00. The molecule has 0 spiro atoms. The number of amides is 1. The molecule has 116 valence electrons. The molecule has 1 fully saturated rings. The van der Waals surface area contributed by atoms with Crippen LogP contribution in [0.5, 0.6) is 0 Å². The average molecular weight is 300 g/mol. The molecule has 2 aromatic heterocycles. The Labute approximate surface area is 129 Å². The Balaban J connectivity index is 1.63. The van der Waals surface area contributed by atoms with E-state index < -0.39 is 0 Å². The number of nitrogens with one attached hydrogen (secondary N) is 1. The number of aromatic nitrogens is 4. The lowest BCUT2D eigenvalue weighted by molar-refractivity contribution is -0.121. The Bertz CT molecular complexity index is 673. The first-order valence-corrected chi connectivity index (χ1v) is 7.37. The third-order valence-electron chi connectivity index (χ3n) is 3.81. The van der Waals surface area contributed by atoms with E-state index in [1.807, 2.05) is 25.5 Å². The maximum Gasteiger partial charge on any atom is 0.245 e. The molecule has 3 rings (SSSR count). The van der Waals surface area contributed by atoms with Gasteiger partial charge in [0.15, 0.2) is 5.82 Å². The van der Waals surface area contributed by atoms with Crippen molar-refractivity contribution in [3.05, 3.63) is 36.8 Å². The van der Waals surface area contributed by atoms with Crippen LogP contribution in [0.2, 0.25) is 0 Å². The van der Waals surface area contributed by atoms with Crippen molar-refractivity contribution in [2.75, 3.05) is 11.4 Å². The minimum Gasteiger partial charge on any atom is -0.302 e. The standard InChI is InChI=1S/C15H20N6O/c1-3-20-11-12(10-17-20)9-16-13-5-4-7-21(15(13)22)14-6-8-19(2)18-14/h3,6,8,10-11,13,16H,1,4-5,7,9H2,2H3. The SMILES string of the molecule is C=Cn1cc(CNC2CCCN(c3ccn(C)n3)C2=O)cn1. The van der Waals surface area contributed by atoms with E-state index in [0.29, 0.717) is 6.54 Å². The first-order valence-electron chi connectivity index (χ1n) is 7.37. The summed E-state index contributed by atoms with van der Waals surface area (Å²) in [7, 11) is 1.85. The van der Waals surface area contributed by atoms with Gasteiger partial charge in [0.25, 0.3) is 0 Å². The molecule has 0 aromatic carbocycles. The van der Waals surface area contributed by atoms with E-state index in [4.69, 9.17) is 0 Å². The van der Waals surface area contributed by atoms with Crippen molar-refractivity contribution < 1.29 is 4.79 Å². The predicted molar refractivity (Wildman–Crippen MR) is 84.0 cm³/mol. The van der Waals surface area contributed by atoms with Crippen LogP contribution in [0.4, 0.5) is 5.82 Å². The number of rotatable bonds is 5. The summed E-state index contributed by atoms with van der Waals surface area (Å²) >= 11 is 0. The molecule has 7 heteroatoms. The van der Waals surface area contributed by atoms with Crippen molar-refractivity contribution in [2.45, 2.75) is 25.4 Å². The van der Waals surface area contributed by atoms with E-state index in [2.05, 4.69) is 22.1 Å². The predicted octanol–water partition coefficient (Wildman–Crippen LogP) is 1.00. The largest absolute Gasteiger partial charge is 0.302 e. The van der Waals surface area contributed by atoms with Gasteiger partial charge in [-0.3, -0.25) is 14.4 Å². The van der Waals surface area contributed by atoms with Gasteiger partial charge in [0.05, 0.1) is 12.2 Å². The number of carbonyl (C=O) groups excluding carboxylic acids is 1. The first kappa shape index (κ1) is 14.5. The summed E-state index contributed by atoms with van der Waals surface area (Å²) in [5, 5.41) is 11.8. The van der Waals surface area contributed by atoms with E-state index in [0.717, 1.165) is 30.8 Å². The zero-order valence-electron chi connectivity index (χ0n) is 12.6. The number of piperidine rings is 1. The highest BCUT2D eigenvalue weighted by molar-refractivity contribution is 5.97. The molecule has 0 bridgehead atoms. The quantitative estimate of drug-likeness (QED) is 0.894. The lowest BCUT2D eigenvalue weighted by Gasteiger charge is -2.31. The van der Waals surface area contributed by atoms with Crippen LogP contribution < -0.4 is 10.2 Å².